The SMILES string of the molecule is COC(=O)c1ccc(CNC2CCCC2C)o1. The molecular formula is C13H19NO3. The number of carbonyl (C=O) groups is 1. The summed E-state index contributed by atoms with van der Waals surface area (Å²) >= 11 is 0. The molecular weight excluding hydrogens is 218 g/mol. The fourth-order valence-corrected chi connectivity index (χ4v) is 2.36. The molecule has 0 amide bonds. The number of ether oxygens (including phenoxy) is 1. The number of nitrogens with one attached hydrogen (secondary N) is 1. The highest BCUT2D eigenvalue weighted by Crippen LogP contribution is 2.25. The van der Waals surface area contributed by atoms with Crippen LogP contribution >= 0.6 is 0 Å². The average molecular weight is 237 g/mol. The Labute approximate surface area is 101 Å². The average Bonchev–Trinajstić information content (AvgIpc) is 2.94. The van der Waals surface area contributed by atoms with E-state index in [0.29, 0.717) is 12.6 Å². The Morgan fingerprint density at radius 1 is 1.53 bits per heavy atom. The Hall–Kier alpha value is -1.29. The third-order valence-corrected chi connectivity index (χ3v) is 3.45. The van der Waals surface area contributed by atoms with Gasteiger partial charge in [-0.15, -0.1) is 0 Å². The molecule has 0 bridgehead atoms. The summed E-state index contributed by atoms with van der Waals surface area (Å²) in [7, 11) is 1.35. The van der Waals surface area contributed by atoms with Crippen molar-refractivity contribution in [2.45, 2.75) is 38.8 Å². The van der Waals surface area contributed by atoms with Gasteiger partial charge in [0.15, 0.2) is 0 Å². The molecule has 1 aliphatic rings. The van der Waals surface area contributed by atoms with E-state index >= 15 is 0 Å². The lowest BCUT2D eigenvalue weighted by molar-refractivity contribution is 0.0562. The monoisotopic (exact) mass is 237 g/mol. The van der Waals surface area contributed by atoms with Crippen LogP contribution in [0.4, 0.5) is 0 Å². The topological polar surface area (TPSA) is 51.5 Å². The smallest absolute Gasteiger partial charge is 0.373 e. The molecule has 1 N–H and O–H groups in total. The molecule has 1 aliphatic carbocycles. The number of hydrogen-bond donors (Lipinski definition) is 1. The predicted octanol–water partition coefficient (Wildman–Crippen LogP) is 2.34. The molecule has 1 heterocycles. The van der Waals surface area contributed by atoms with Gasteiger partial charge in [0.05, 0.1) is 13.7 Å². The van der Waals surface area contributed by atoms with E-state index in [1.54, 1.807) is 6.07 Å². The molecule has 1 aromatic rings. The third-order valence-electron chi connectivity index (χ3n) is 3.45. The van der Waals surface area contributed by atoms with Gasteiger partial charge in [0, 0.05) is 6.04 Å². The quantitative estimate of drug-likeness (QED) is 0.817. The molecule has 2 unspecified atom stereocenters. The van der Waals surface area contributed by atoms with Gasteiger partial charge in [-0.3, -0.25) is 0 Å². The van der Waals surface area contributed by atoms with Gasteiger partial charge in [-0.25, -0.2) is 4.79 Å². The molecule has 0 radical (unpaired) electrons. The van der Waals surface area contributed by atoms with Crippen molar-refractivity contribution >= 4 is 5.97 Å². The molecule has 0 aliphatic heterocycles. The molecule has 4 heteroatoms. The number of furan rings is 1. The van der Waals surface area contributed by atoms with Gasteiger partial charge in [0.25, 0.3) is 0 Å². The van der Waals surface area contributed by atoms with E-state index in [1.807, 2.05) is 6.07 Å². The number of hydrogen-bond acceptors (Lipinski definition) is 4. The Morgan fingerprint density at radius 2 is 2.35 bits per heavy atom. The molecule has 1 aromatic heterocycles. The number of methoxy groups -OCH3 is 1. The predicted molar refractivity (Wildman–Crippen MR) is 63.7 cm³/mol. The third kappa shape index (κ3) is 2.88. The second-order valence-corrected chi connectivity index (χ2v) is 4.65. The van der Waals surface area contributed by atoms with Crippen LogP contribution in [0.25, 0.3) is 0 Å². The molecule has 1 fully saturated rings. The van der Waals surface area contributed by atoms with E-state index in [0.717, 1.165) is 11.7 Å². The fraction of sp³-hybridized carbons (Fsp3) is 0.615. The highest BCUT2D eigenvalue weighted by atomic mass is 16.5. The minimum absolute atomic E-state index is 0.267. The van der Waals surface area contributed by atoms with Crippen molar-refractivity contribution in [3.8, 4) is 0 Å². The van der Waals surface area contributed by atoms with Gasteiger partial charge in [0.1, 0.15) is 5.76 Å². The van der Waals surface area contributed by atoms with Crippen molar-refractivity contribution in [2.24, 2.45) is 5.92 Å². The molecule has 2 atom stereocenters. The van der Waals surface area contributed by atoms with Gasteiger partial charge in [-0.1, -0.05) is 13.3 Å². The summed E-state index contributed by atoms with van der Waals surface area (Å²) in [4.78, 5) is 11.2. The highest BCUT2D eigenvalue weighted by molar-refractivity contribution is 5.86. The van der Waals surface area contributed by atoms with E-state index in [4.69, 9.17) is 4.42 Å². The van der Waals surface area contributed by atoms with Crippen LogP contribution in [-0.2, 0) is 11.3 Å². The van der Waals surface area contributed by atoms with Crippen molar-refractivity contribution in [3.05, 3.63) is 23.7 Å². The van der Waals surface area contributed by atoms with E-state index in [9.17, 15) is 4.79 Å². The molecule has 0 spiro atoms. The van der Waals surface area contributed by atoms with Crippen LogP contribution in [0.1, 0.15) is 42.5 Å². The molecule has 17 heavy (non-hydrogen) atoms. The summed E-state index contributed by atoms with van der Waals surface area (Å²) in [5.41, 5.74) is 0. The summed E-state index contributed by atoms with van der Waals surface area (Å²) in [5, 5.41) is 3.47. The fourth-order valence-electron chi connectivity index (χ4n) is 2.36. The molecule has 94 valence electrons. The summed E-state index contributed by atoms with van der Waals surface area (Å²) in [6.45, 7) is 2.94. The van der Waals surface area contributed by atoms with Crippen LogP contribution in [0.5, 0.6) is 0 Å². The Kier molecular flexibility index (Phi) is 3.84. The van der Waals surface area contributed by atoms with Crippen LogP contribution in [0.15, 0.2) is 16.5 Å². The largest absolute Gasteiger partial charge is 0.463 e. The Morgan fingerprint density at radius 3 is 3.00 bits per heavy atom. The molecule has 1 saturated carbocycles. The van der Waals surface area contributed by atoms with Gasteiger partial charge in [-0.05, 0) is 30.9 Å². The summed E-state index contributed by atoms with van der Waals surface area (Å²) in [6.07, 6.45) is 3.82. The first-order chi connectivity index (χ1) is 8.20. The van der Waals surface area contributed by atoms with Crippen LogP contribution in [0, 0.1) is 5.92 Å². The van der Waals surface area contributed by atoms with Crippen molar-refractivity contribution in [2.75, 3.05) is 7.11 Å². The Balaban J connectivity index is 1.86. The lowest BCUT2D eigenvalue weighted by Gasteiger charge is -2.16. The summed E-state index contributed by atoms with van der Waals surface area (Å²) < 4.78 is 9.99. The molecule has 4 nitrogen and oxygen atoms in total. The van der Waals surface area contributed by atoms with E-state index in [1.165, 1.54) is 26.4 Å². The second kappa shape index (κ2) is 5.36. The maximum absolute atomic E-state index is 11.2. The number of esters is 1. The zero-order chi connectivity index (χ0) is 12.3. The summed E-state index contributed by atoms with van der Waals surface area (Å²) in [6, 6.07) is 4.04. The zero-order valence-corrected chi connectivity index (χ0v) is 10.4. The highest BCUT2D eigenvalue weighted by Gasteiger charge is 2.22. The molecule has 0 saturated heterocycles. The zero-order valence-electron chi connectivity index (χ0n) is 10.4. The van der Waals surface area contributed by atoms with E-state index in [2.05, 4.69) is 17.0 Å². The van der Waals surface area contributed by atoms with Crippen LogP contribution in [0.3, 0.4) is 0 Å². The molecule has 2 rings (SSSR count). The second-order valence-electron chi connectivity index (χ2n) is 4.65. The first-order valence-corrected chi connectivity index (χ1v) is 6.11. The first-order valence-electron chi connectivity index (χ1n) is 6.11. The van der Waals surface area contributed by atoms with Crippen LogP contribution in [-0.4, -0.2) is 19.1 Å². The lowest BCUT2D eigenvalue weighted by Crippen LogP contribution is -2.30. The summed E-state index contributed by atoms with van der Waals surface area (Å²) in [5.74, 6) is 1.35. The van der Waals surface area contributed by atoms with E-state index in [-0.39, 0.29) is 5.76 Å². The van der Waals surface area contributed by atoms with Gasteiger partial charge < -0.3 is 14.5 Å². The van der Waals surface area contributed by atoms with Crippen molar-refractivity contribution in [1.82, 2.24) is 5.32 Å². The van der Waals surface area contributed by atoms with Crippen molar-refractivity contribution in [1.29, 1.82) is 0 Å². The van der Waals surface area contributed by atoms with Crippen LogP contribution in [0.2, 0.25) is 0 Å². The standard InChI is InChI=1S/C13H19NO3/c1-9-4-3-5-11(9)14-8-10-6-7-12(17-10)13(15)16-2/h6-7,9,11,14H,3-5,8H2,1-2H3. The van der Waals surface area contributed by atoms with Gasteiger partial charge in [-0.2, -0.15) is 0 Å². The minimum atomic E-state index is -0.425. The van der Waals surface area contributed by atoms with Crippen molar-refractivity contribution < 1.29 is 13.9 Å². The van der Waals surface area contributed by atoms with Crippen LogP contribution < -0.4 is 5.32 Å². The van der Waals surface area contributed by atoms with Crippen molar-refractivity contribution in [3.63, 3.8) is 0 Å². The normalized spacial score (nSPS) is 23.9. The molecule has 0 aromatic carbocycles. The number of rotatable bonds is 4. The Bertz CT molecular complexity index is 386. The first kappa shape index (κ1) is 12.2. The van der Waals surface area contributed by atoms with E-state index < -0.39 is 5.97 Å². The maximum atomic E-state index is 11.2. The lowest BCUT2D eigenvalue weighted by atomic mass is 10.1. The number of carbonyl (C=O) groups excluding carboxylic acids is 1. The maximum Gasteiger partial charge on any atom is 0.373 e. The van der Waals surface area contributed by atoms with Gasteiger partial charge in [0.2, 0.25) is 5.76 Å². The van der Waals surface area contributed by atoms with Gasteiger partial charge >= 0.3 is 5.97 Å². The minimum Gasteiger partial charge on any atom is -0.463 e.